The van der Waals surface area contributed by atoms with Gasteiger partial charge in [0.25, 0.3) is 5.91 Å². The van der Waals surface area contributed by atoms with E-state index in [9.17, 15) is 14.7 Å². The molecule has 3 aromatic carbocycles. The predicted octanol–water partition coefficient (Wildman–Crippen LogP) is 3.41. The number of nitrogens with zero attached hydrogens (tertiary/aromatic N) is 2. The first kappa shape index (κ1) is 23.7. The van der Waals surface area contributed by atoms with Gasteiger partial charge in [-0.25, -0.2) is 0 Å². The Kier molecular flexibility index (Phi) is 6.52. The summed E-state index contributed by atoms with van der Waals surface area (Å²) in [7, 11) is 3.11. The summed E-state index contributed by atoms with van der Waals surface area (Å²) in [4.78, 5) is 30.4. The van der Waals surface area contributed by atoms with Crippen molar-refractivity contribution in [2.24, 2.45) is 0 Å². The van der Waals surface area contributed by atoms with E-state index < -0.39 is 12.1 Å². The molecule has 0 aliphatic carbocycles. The zero-order valence-electron chi connectivity index (χ0n) is 20.2. The van der Waals surface area contributed by atoms with E-state index in [1.807, 2.05) is 54.6 Å². The molecule has 2 aliphatic heterocycles. The summed E-state index contributed by atoms with van der Waals surface area (Å²) in [6.07, 6.45) is -0.547. The molecule has 36 heavy (non-hydrogen) atoms. The van der Waals surface area contributed by atoms with E-state index in [2.05, 4.69) is 0 Å². The molecule has 0 saturated carbocycles. The fraction of sp³-hybridized carbons (Fsp3) is 0.286. The number of benzene rings is 3. The summed E-state index contributed by atoms with van der Waals surface area (Å²) in [5.74, 6) is 0.984. The molecular formula is C28H28N2O6. The van der Waals surface area contributed by atoms with Gasteiger partial charge in [-0.1, -0.05) is 42.5 Å². The number of anilines is 1. The SMILES string of the molecule is COc1ccc(CN2C(=O)[C@@H]3C[C@@H](O)CN3C(=O)c3cc(OC)c(OCc4ccccc4)cc32)cc1. The fourth-order valence-electron chi connectivity index (χ4n) is 4.75. The summed E-state index contributed by atoms with van der Waals surface area (Å²) >= 11 is 0. The first-order chi connectivity index (χ1) is 17.5. The molecule has 2 aliphatic rings. The van der Waals surface area contributed by atoms with Crippen LogP contribution in [0.4, 0.5) is 5.69 Å². The lowest BCUT2D eigenvalue weighted by Gasteiger charge is -2.26. The van der Waals surface area contributed by atoms with Crippen molar-refractivity contribution < 1.29 is 28.9 Å². The van der Waals surface area contributed by atoms with Gasteiger partial charge in [-0.2, -0.15) is 0 Å². The van der Waals surface area contributed by atoms with Gasteiger partial charge in [0.15, 0.2) is 11.5 Å². The van der Waals surface area contributed by atoms with E-state index in [0.717, 1.165) is 11.1 Å². The topological polar surface area (TPSA) is 88.5 Å². The zero-order valence-corrected chi connectivity index (χ0v) is 20.2. The molecular weight excluding hydrogens is 460 g/mol. The third-order valence-corrected chi connectivity index (χ3v) is 6.63. The van der Waals surface area contributed by atoms with Crippen LogP contribution in [-0.4, -0.2) is 54.7 Å². The summed E-state index contributed by atoms with van der Waals surface area (Å²) < 4.78 is 16.9. The minimum Gasteiger partial charge on any atom is -0.497 e. The average molecular weight is 489 g/mol. The van der Waals surface area contributed by atoms with Crippen LogP contribution in [-0.2, 0) is 17.9 Å². The number of aliphatic hydroxyl groups is 1. The van der Waals surface area contributed by atoms with Crippen LogP contribution in [0.3, 0.4) is 0 Å². The molecule has 0 radical (unpaired) electrons. The molecule has 2 atom stereocenters. The number of carbonyl (C=O) groups is 2. The third kappa shape index (κ3) is 4.47. The molecule has 5 rings (SSSR count). The van der Waals surface area contributed by atoms with E-state index in [1.165, 1.54) is 12.0 Å². The number of ether oxygens (including phenoxy) is 3. The van der Waals surface area contributed by atoms with Gasteiger partial charge in [-0.15, -0.1) is 0 Å². The molecule has 2 heterocycles. The average Bonchev–Trinajstić information content (AvgIpc) is 3.29. The highest BCUT2D eigenvalue weighted by Gasteiger charge is 2.45. The van der Waals surface area contributed by atoms with Crippen LogP contribution >= 0.6 is 0 Å². The number of carbonyl (C=O) groups excluding carboxylic acids is 2. The summed E-state index contributed by atoms with van der Waals surface area (Å²) in [5, 5.41) is 10.3. The van der Waals surface area contributed by atoms with Crippen molar-refractivity contribution in [3.8, 4) is 17.2 Å². The second-order valence-electron chi connectivity index (χ2n) is 8.93. The van der Waals surface area contributed by atoms with Gasteiger partial charge in [0, 0.05) is 19.0 Å². The lowest BCUT2D eigenvalue weighted by molar-refractivity contribution is -0.122. The fourth-order valence-corrected chi connectivity index (χ4v) is 4.75. The highest BCUT2D eigenvalue weighted by atomic mass is 16.5. The zero-order chi connectivity index (χ0) is 25.2. The highest BCUT2D eigenvalue weighted by molar-refractivity contribution is 6.11. The molecule has 2 amide bonds. The first-order valence-electron chi connectivity index (χ1n) is 11.8. The Labute approximate surface area is 209 Å². The van der Waals surface area contributed by atoms with Crippen LogP contribution in [0.5, 0.6) is 17.2 Å². The van der Waals surface area contributed by atoms with Crippen molar-refractivity contribution in [2.45, 2.75) is 31.7 Å². The molecule has 1 N–H and O–H groups in total. The number of rotatable bonds is 7. The van der Waals surface area contributed by atoms with Crippen molar-refractivity contribution in [2.75, 3.05) is 25.7 Å². The molecule has 0 bridgehead atoms. The van der Waals surface area contributed by atoms with Crippen LogP contribution in [0, 0.1) is 0 Å². The van der Waals surface area contributed by atoms with Crippen LogP contribution in [0.25, 0.3) is 0 Å². The smallest absolute Gasteiger partial charge is 0.256 e. The van der Waals surface area contributed by atoms with Crippen molar-refractivity contribution in [3.63, 3.8) is 0 Å². The second kappa shape index (κ2) is 9.91. The van der Waals surface area contributed by atoms with E-state index in [0.29, 0.717) is 35.1 Å². The van der Waals surface area contributed by atoms with Gasteiger partial charge in [-0.3, -0.25) is 9.59 Å². The first-order valence-corrected chi connectivity index (χ1v) is 11.8. The van der Waals surface area contributed by atoms with Crippen molar-refractivity contribution in [3.05, 3.63) is 83.4 Å². The Balaban J connectivity index is 1.57. The molecule has 0 spiro atoms. The number of methoxy groups -OCH3 is 2. The van der Waals surface area contributed by atoms with Crippen LogP contribution in [0.1, 0.15) is 27.9 Å². The number of fused-ring (bicyclic) bond motifs is 2. The molecule has 8 nitrogen and oxygen atoms in total. The van der Waals surface area contributed by atoms with Gasteiger partial charge in [0.1, 0.15) is 18.4 Å². The lowest BCUT2D eigenvalue weighted by Crippen LogP contribution is -2.44. The van der Waals surface area contributed by atoms with E-state index in [1.54, 1.807) is 24.1 Å². The van der Waals surface area contributed by atoms with Gasteiger partial charge >= 0.3 is 0 Å². The van der Waals surface area contributed by atoms with Gasteiger partial charge in [-0.05, 0) is 29.3 Å². The van der Waals surface area contributed by atoms with Gasteiger partial charge in [0.2, 0.25) is 5.91 Å². The maximum atomic E-state index is 13.8. The van der Waals surface area contributed by atoms with E-state index in [4.69, 9.17) is 14.2 Å². The molecule has 3 aromatic rings. The Hall–Kier alpha value is -4.04. The van der Waals surface area contributed by atoms with Crippen LogP contribution in [0.15, 0.2) is 66.7 Å². The van der Waals surface area contributed by atoms with E-state index >= 15 is 0 Å². The summed E-state index contributed by atoms with van der Waals surface area (Å²) in [6, 6.07) is 19.7. The molecule has 0 unspecified atom stereocenters. The number of hydrogen-bond donors (Lipinski definition) is 1. The number of hydrogen-bond acceptors (Lipinski definition) is 6. The number of aliphatic hydroxyl groups excluding tert-OH is 1. The summed E-state index contributed by atoms with van der Waals surface area (Å²) in [5.41, 5.74) is 2.63. The molecule has 8 heteroatoms. The van der Waals surface area contributed by atoms with Gasteiger partial charge < -0.3 is 29.1 Å². The largest absolute Gasteiger partial charge is 0.497 e. The van der Waals surface area contributed by atoms with E-state index in [-0.39, 0.29) is 31.3 Å². The van der Waals surface area contributed by atoms with Crippen molar-refractivity contribution >= 4 is 17.5 Å². The standard InChI is InChI=1S/C28H28N2O6/c1-34-21-10-8-18(9-11-21)15-29-23-14-26(36-17-19-6-4-3-5-7-19)25(35-2)13-22(23)27(32)30-16-20(31)12-24(30)28(29)33/h3-11,13-14,20,24,31H,12,15-17H2,1-2H3/t20-,24+/m1/s1. The molecule has 1 saturated heterocycles. The monoisotopic (exact) mass is 488 g/mol. The minimum atomic E-state index is -0.748. The van der Waals surface area contributed by atoms with Crippen molar-refractivity contribution in [1.29, 1.82) is 0 Å². The lowest BCUT2D eigenvalue weighted by atomic mass is 10.1. The van der Waals surface area contributed by atoms with Crippen molar-refractivity contribution in [1.82, 2.24) is 4.90 Å². The predicted molar refractivity (Wildman–Crippen MR) is 133 cm³/mol. The normalized spacial score (nSPS) is 19.0. The Morgan fingerprint density at radius 2 is 1.67 bits per heavy atom. The maximum Gasteiger partial charge on any atom is 0.256 e. The van der Waals surface area contributed by atoms with Crippen LogP contribution in [0.2, 0.25) is 0 Å². The molecule has 1 fully saturated rings. The third-order valence-electron chi connectivity index (χ3n) is 6.63. The Bertz CT molecular complexity index is 1260. The van der Waals surface area contributed by atoms with Gasteiger partial charge in [0.05, 0.1) is 38.1 Å². The van der Waals surface area contributed by atoms with Crippen LogP contribution < -0.4 is 19.1 Å². The quantitative estimate of drug-likeness (QED) is 0.549. The number of amides is 2. The Morgan fingerprint density at radius 1 is 0.917 bits per heavy atom. The maximum absolute atomic E-state index is 13.8. The second-order valence-corrected chi connectivity index (χ2v) is 8.93. The molecule has 0 aromatic heterocycles. The Morgan fingerprint density at radius 3 is 2.36 bits per heavy atom. The highest BCUT2D eigenvalue weighted by Crippen LogP contribution is 2.40. The minimum absolute atomic E-state index is 0.111. The summed E-state index contributed by atoms with van der Waals surface area (Å²) in [6.45, 7) is 0.658. The molecule has 186 valence electrons.